The second-order valence-electron chi connectivity index (χ2n) is 5.36. The molecule has 0 aliphatic carbocycles. The first kappa shape index (κ1) is 14.8. The van der Waals surface area contributed by atoms with E-state index in [-0.39, 0.29) is 23.7 Å². The lowest BCUT2D eigenvalue weighted by Crippen LogP contribution is -2.55. The normalized spacial score (nSPS) is 26.1. The summed E-state index contributed by atoms with van der Waals surface area (Å²) in [7, 11) is 1.40. The molecular weight excluding hydrogens is 259 g/mol. The smallest absolute Gasteiger partial charge is 0.251 e. The van der Waals surface area contributed by atoms with E-state index in [4.69, 9.17) is 4.74 Å². The van der Waals surface area contributed by atoms with Gasteiger partial charge in [-0.1, -0.05) is 6.92 Å². The fourth-order valence-corrected chi connectivity index (χ4v) is 2.65. The molecule has 0 saturated carbocycles. The van der Waals surface area contributed by atoms with Gasteiger partial charge in [0.15, 0.2) is 11.6 Å². The van der Waals surface area contributed by atoms with E-state index >= 15 is 0 Å². The predicted molar refractivity (Wildman–Crippen MR) is 75.5 cm³/mol. The second-order valence-corrected chi connectivity index (χ2v) is 5.36. The Morgan fingerprint density at radius 3 is 2.80 bits per heavy atom. The third-order valence-electron chi connectivity index (χ3n) is 3.93. The monoisotopic (exact) mass is 280 g/mol. The van der Waals surface area contributed by atoms with Crippen molar-refractivity contribution in [1.29, 1.82) is 0 Å². The summed E-state index contributed by atoms with van der Waals surface area (Å²) < 4.78 is 18.5. The Bertz CT molecular complexity index is 483. The van der Waals surface area contributed by atoms with Crippen molar-refractivity contribution in [2.75, 3.05) is 13.7 Å². The van der Waals surface area contributed by atoms with Crippen molar-refractivity contribution in [3.63, 3.8) is 0 Å². The van der Waals surface area contributed by atoms with Crippen molar-refractivity contribution in [2.45, 2.75) is 32.4 Å². The number of ether oxygens (including phenoxy) is 1. The molecule has 3 unspecified atom stereocenters. The zero-order valence-electron chi connectivity index (χ0n) is 12.1. The number of carbonyl (C=O) groups is 1. The van der Waals surface area contributed by atoms with Gasteiger partial charge in [0.25, 0.3) is 5.91 Å². The minimum Gasteiger partial charge on any atom is -0.494 e. The van der Waals surface area contributed by atoms with Gasteiger partial charge in [0.2, 0.25) is 0 Å². The van der Waals surface area contributed by atoms with Gasteiger partial charge in [0, 0.05) is 17.6 Å². The first-order valence-corrected chi connectivity index (χ1v) is 6.90. The Morgan fingerprint density at radius 1 is 1.45 bits per heavy atom. The van der Waals surface area contributed by atoms with E-state index in [9.17, 15) is 9.18 Å². The highest BCUT2D eigenvalue weighted by Gasteiger charge is 2.29. The van der Waals surface area contributed by atoms with Gasteiger partial charge >= 0.3 is 0 Å². The number of halogens is 1. The Balaban J connectivity index is 2.09. The van der Waals surface area contributed by atoms with E-state index in [0.717, 1.165) is 13.0 Å². The molecule has 4 nitrogen and oxygen atoms in total. The molecule has 2 rings (SSSR count). The number of amides is 1. The van der Waals surface area contributed by atoms with Crippen molar-refractivity contribution in [1.82, 2.24) is 10.6 Å². The van der Waals surface area contributed by atoms with Crippen LogP contribution in [0.15, 0.2) is 18.2 Å². The summed E-state index contributed by atoms with van der Waals surface area (Å²) in [4.78, 5) is 12.2. The van der Waals surface area contributed by atoms with Gasteiger partial charge in [-0.05, 0) is 44.0 Å². The summed E-state index contributed by atoms with van der Waals surface area (Å²) in [6, 6.07) is 4.52. The van der Waals surface area contributed by atoms with Gasteiger partial charge in [-0.15, -0.1) is 0 Å². The molecule has 110 valence electrons. The summed E-state index contributed by atoms with van der Waals surface area (Å²) in [5.41, 5.74) is 0.313. The van der Waals surface area contributed by atoms with Gasteiger partial charge in [0.1, 0.15) is 0 Å². The average Bonchev–Trinajstić information content (AvgIpc) is 2.42. The van der Waals surface area contributed by atoms with Crippen molar-refractivity contribution in [3.8, 4) is 5.75 Å². The van der Waals surface area contributed by atoms with Crippen molar-refractivity contribution >= 4 is 5.91 Å². The fraction of sp³-hybridized carbons (Fsp3) is 0.533. The van der Waals surface area contributed by atoms with Crippen molar-refractivity contribution < 1.29 is 13.9 Å². The number of methoxy groups -OCH3 is 1. The molecule has 1 aromatic carbocycles. The van der Waals surface area contributed by atoms with Crippen LogP contribution in [0.2, 0.25) is 0 Å². The van der Waals surface area contributed by atoms with Crippen LogP contribution in [0.1, 0.15) is 30.6 Å². The van der Waals surface area contributed by atoms with Crippen LogP contribution in [0.5, 0.6) is 5.75 Å². The summed E-state index contributed by atoms with van der Waals surface area (Å²) in [5, 5.41) is 6.33. The number of hydrogen-bond donors (Lipinski definition) is 2. The molecule has 1 fully saturated rings. The lowest BCUT2D eigenvalue weighted by Gasteiger charge is -2.36. The molecule has 1 amide bonds. The number of rotatable bonds is 3. The minimum absolute atomic E-state index is 0.0569. The first-order chi connectivity index (χ1) is 9.52. The van der Waals surface area contributed by atoms with Gasteiger partial charge in [-0.3, -0.25) is 4.79 Å². The highest BCUT2D eigenvalue weighted by atomic mass is 19.1. The topological polar surface area (TPSA) is 50.4 Å². The number of nitrogens with one attached hydrogen (secondary N) is 2. The van der Waals surface area contributed by atoms with Crippen LogP contribution in [-0.4, -0.2) is 31.6 Å². The van der Waals surface area contributed by atoms with E-state index in [0.29, 0.717) is 11.5 Å². The number of piperidine rings is 1. The maximum atomic E-state index is 13.6. The highest BCUT2D eigenvalue weighted by Crippen LogP contribution is 2.19. The molecule has 0 spiro atoms. The maximum absolute atomic E-state index is 13.6. The Kier molecular flexibility index (Phi) is 4.60. The first-order valence-electron chi connectivity index (χ1n) is 6.90. The summed E-state index contributed by atoms with van der Waals surface area (Å²) in [6.45, 7) is 5.14. The second kappa shape index (κ2) is 6.22. The molecule has 5 heteroatoms. The largest absolute Gasteiger partial charge is 0.494 e. The SMILES string of the molecule is COc1ccc(C(=O)NC2C(C)CCNC2C)cc1F. The molecule has 20 heavy (non-hydrogen) atoms. The third-order valence-corrected chi connectivity index (χ3v) is 3.93. The highest BCUT2D eigenvalue weighted by molar-refractivity contribution is 5.94. The summed E-state index contributed by atoms with van der Waals surface area (Å²) in [6.07, 6.45) is 1.02. The zero-order chi connectivity index (χ0) is 14.7. The van der Waals surface area contributed by atoms with Crippen LogP contribution in [0.3, 0.4) is 0 Å². The standard InChI is InChI=1S/C15H21FN2O2/c1-9-6-7-17-10(2)14(9)18-15(19)11-4-5-13(20-3)12(16)8-11/h4-5,8-10,14,17H,6-7H2,1-3H3,(H,18,19). The Morgan fingerprint density at radius 2 is 2.20 bits per heavy atom. The van der Waals surface area contributed by atoms with E-state index < -0.39 is 5.82 Å². The van der Waals surface area contributed by atoms with Gasteiger partial charge in [-0.2, -0.15) is 0 Å². The van der Waals surface area contributed by atoms with E-state index in [1.54, 1.807) is 6.07 Å². The molecule has 0 aromatic heterocycles. The molecule has 1 heterocycles. The molecule has 1 aliphatic rings. The van der Waals surface area contributed by atoms with Crippen LogP contribution in [-0.2, 0) is 0 Å². The third kappa shape index (κ3) is 3.10. The van der Waals surface area contributed by atoms with Crippen LogP contribution < -0.4 is 15.4 Å². The summed E-state index contributed by atoms with van der Waals surface area (Å²) in [5.74, 6) is -0.233. The van der Waals surface area contributed by atoms with E-state index in [1.165, 1.54) is 19.2 Å². The minimum atomic E-state index is -0.525. The number of benzene rings is 1. The molecule has 0 bridgehead atoms. The number of hydrogen-bond acceptors (Lipinski definition) is 3. The van der Waals surface area contributed by atoms with Crippen molar-refractivity contribution in [3.05, 3.63) is 29.6 Å². The molecule has 1 saturated heterocycles. The van der Waals surface area contributed by atoms with Crippen LogP contribution in [0.4, 0.5) is 4.39 Å². The fourth-order valence-electron chi connectivity index (χ4n) is 2.65. The molecule has 1 aliphatic heterocycles. The quantitative estimate of drug-likeness (QED) is 0.890. The molecule has 0 radical (unpaired) electrons. The van der Waals surface area contributed by atoms with Crippen LogP contribution >= 0.6 is 0 Å². The Hall–Kier alpha value is -1.62. The predicted octanol–water partition coefficient (Wildman–Crippen LogP) is 1.95. The lowest BCUT2D eigenvalue weighted by atomic mass is 9.89. The Labute approximate surface area is 118 Å². The molecule has 2 N–H and O–H groups in total. The molecule has 3 atom stereocenters. The maximum Gasteiger partial charge on any atom is 0.251 e. The molecular formula is C15H21FN2O2. The summed E-state index contributed by atoms with van der Waals surface area (Å²) >= 11 is 0. The number of carbonyl (C=O) groups excluding carboxylic acids is 1. The zero-order valence-corrected chi connectivity index (χ0v) is 12.1. The van der Waals surface area contributed by atoms with E-state index in [1.807, 2.05) is 0 Å². The average molecular weight is 280 g/mol. The van der Waals surface area contributed by atoms with Crippen LogP contribution in [0.25, 0.3) is 0 Å². The van der Waals surface area contributed by atoms with E-state index in [2.05, 4.69) is 24.5 Å². The van der Waals surface area contributed by atoms with Crippen LogP contribution in [0, 0.1) is 11.7 Å². The molecule has 1 aromatic rings. The van der Waals surface area contributed by atoms with Gasteiger partial charge < -0.3 is 15.4 Å². The van der Waals surface area contributed by atoms with Crippen molar-refractivity contribution in [2.24, 2.45) is 5.92 Å². The van der Waals surface area contributed by atoms with Gasteiger partial charge in [-0.25, -0.2) is 4.39 Å². The lowest BCUT2D eigenvalue weighted by molar-refractivity contribution is 0.0897. The van der Waals surface area contributed by atoms with Gasteiger partial charge in [0.05, 0.1) is 7.11 Å².